The molecule has 17 heavy (non-hydrogen) atoms. The van der Waals surface area contributed by atoms with Crippen molar-refractivity contribution in [3.8, 4) is 0 Å². The van der Waals surface area contributed by atoms with Crippen LogP contribution in [0, 0.1) is 0 Å². The summed E-state index contributed by atoms with van der Waals surface area (Å²) in [6.45, 7) is 4.74. The van der Waals surface area contributed by atoms with Gasteiger partial charge in [0.15, 0.2) is 0 Å². The van der Waals surface area contributed by atoms with Crippen LogP contribution in [0.5, 0.6) is 0 Å². The number of carboxylic acids is 1. The second-order valence-electron chi connectivity index (χ2n) is 3.95. The molecule has 5 nitrogen and oxygen atoms in total. The molecule has 0 heterocycles. The summed E-state index contributed by atoms with van der Waals surface area (Å²) in [5.74, 6) is -0.832. The lowest BCUT2D eigenvalue weighted by Gasteiger charge is -2.11. The third-order valence-corrected chi connectivity index (χ3v) is 2.40. The summed E-state index contributed by atoms with van der Waals surface area (Å²) in [4.78, 5) is 21.6. The van der Waals surface area contributed by atoms with Crippen LogP contribution >= 0.6 is 0 Å². The number of nitrogens with one attached hydrogen (secondary N) is 1. The molecule has 0 aromatic heterocycles. The zero-order valence-corrected chi connectivity index (χ0v) is 10.7. The highest BCUT2D eigenvalue weighted by Gasteiger charge is 2.10. The Morgan fingerprint density at radius 2 is 1.88 bits per heavy atom. The van der Waals surface area contributed by atoms with Gasteiger partial charge in [0, 0.05) is 19.6 Å². The number of aliphatic carboxylic acids is 1. The Morgan fingerprint density at radius 3 is 2.47 bits per heavy atom. The van der Waals surface area contributed by atoms with Crippen molar-refractivity contribution < 1.29 is 19.4 Å². The number of carbonyl (C=O) groups excluding carboxylic acids is 1. The van der Waals surface area contributed by atoms with Gasteiger partial charge in [0.25, 0.3) is 0 Å². The predicted octanol–water partition coefficient (Wildman–Crippen LogP) is 1.56. The Kier molecular flexibility index (Phi) is 9.43. The quantitative estimate of drug-likeness (QED) is 0.573. The first-order valence-corrected chi connectivity index (χ1v) is 6.19. The second-order valence-corrected chi connectivity index (χ2v) is 3.95. The molecule has 0 aliphatic heterocycles. The maximum absolute atomic E-state index is 11.4. The summed E-state index contributed by atoms with van der Waals surface area (Å²) in [5, 5.41) is 11.2. The van der Waals surface area contributed by atoms with Crippen LogP contribution in [0.25, 0.3) is 0 Å². The van der Waals surface area contributed by atoms with Gasteiger partial charge in [0.2, 0.25) is 5.91 Å². The lowest BCUT2D eigenvalue weighted by Crippen LogP contribution is -2.35. The first-order valence-electron chi connectivity index (χ1n) is 6.19. The number of carbonyl (C=O) groups is 2. The summed E-state index contributed by atoms with van der Waals surface area (Å²) in [6, 6.07) is 0. The molecule has 0 saturated heterocycles. The number of unbranched alkanes of at least 4 members (excludes halogenated alkanes) is 3. The molecule has 0 aromatic rings. The summed E-state index contributed by atoms with van der Waals surface area (Å²) in [7, 11) is 0. The molecule has 0 aliphatic carbocycles. The normalized spacial score (nSPS) is 12.1. The molecule has 0 fully saturated rings. The fraction of sp³-hybridized carbons (Fsp3) is 0.833. The topological polar surface area (TPSA) is 75.6 Å². The Labute approximate surface area is 103 Å². The van der Waals surface area contributed by atoms with Crippen molar-refractivity contribution in [3.05, 3.63) is 0 Å². The maximum Gasteiger partial charge on any atom is 0.303 e. The molecule has 0 radical (unpaired) electrons. The maximum atomic E-state index is 11.4. The predicted molar refractivity (Wildman–Crippen MR) is 64.8 cm³/mol. The van der Waals surface area contributed by atoms with E-state index in [0.29, 0.717) is 19.6 Å². The van der Waals surface area contributed by atoms with Gasteiger partial charge in [-0.3, -0.25) is 9.59 Å². The number of amides is 1. The van der Waals surface area contributed by atoms with Gasteiger partial charge < -0.3 is 15.2 Å². The second kappa shape index (κ2) is 10.1. The minimum atomic E-state index is -0.746. The first kappa shape index (κ1) is 15.9. The van der Waals surface area contributed by atoms with E-state index in [1.165, 1.54) is 0 Å². The van der Waals surface area contributed by atoms with Crippen molar-refractivity contribution >= 4 is 11.9 Å². The molecular weight excluding hydrogens is 222 g/mol. The van der Waals surface area contributed by atoms with Crippen molar-refractivity contribution in [2.75, 3.05) is 13.2 Å². The van der Waals surface area contributed by atoms with Crippen LogP contribution < -0.4 is 5.32 Å². The zero-order valence-electron chi connectivity index (χ0n) is 10.7. The van der Waals surface area contributed by atoms with Crippen molar-refractivity contribution in [2.24, 2.45) is 0 Å². The number of rotatable bonds is 10. The van der Waals surface area contributed by atoms with Crippen molar-refractivity contribution in [1.29, 1.82) is 0 Å². The van der Waals surface area contributed by atoms with Gasteiger partial charge in [-0.25, -0.2) is 0 Å². The van der Waals surface area contributed by atoms with Crippen LogP contribution in [-0.4, -0.2) is 36.2 Å². The average Bonchev–Trinajstić information content (AvgIpc) is 2.27. The summed E-state index contributed by atoms with van der Waals surface area (Å²) in [5.41, 5.74) is 0. The molecule has 1 atom stereocenters. The molecule has 1 amide bonds. The van der Waals surface area contributed by atoms with Crippen LogP contribution in [0.3, 0.4) is 0 Å². The monoisotopic (exact) mass is 245 g/mol. The van der Waals surface area contributed by atoms with Gasteiger partial charge >= 0.3 is 5.97 Å². The van der Waals surface area contributed by atoms with Gasteiger partial charge in [0.1, 0.15) is 6.10 Å². The van der Waals surface area contributed by atoms with Crippen molar-refractivity contribution in [3.63, 3.8) is 0 Å². The molecule has 0 rings (SSSR count). The molecule has 0 spiro atoms. The fourth-order valence-corrected chi connectivity index (χ4v) is 1.44. The third-order valence-electron chi connectivity index (χ3n) is 2.40. The molecule has 0 aromatic carbocycles. The lowest BCUT2D eigenvalue weighted by atomic mass is 10.1. The summed E-state index contributed by atoms with van der Waals surface area (Å²) < 4.78 is 5.15. The van der Waals surface area contributed by atoms with E-state index in [-0.39, 0.29) is 12.3 Å². The first-order chi connectivity index (χ1) is 8.07. The zero-order chi connectivity index (χ0) is 13.1. The highest BCUT2D eigenvalue weighted by molar-refractivity contribution is 5.80. The van der Waals surface area contributed by atoms with Gasteiger partial charge in [-0.15, -0.1) is 0 Å². The number of hydrogen-bond donors (Lipinski definition) is 2. The Balaban J connectivity index is 3.33. The van der Waals surface area contributed by atoms with E-state index in [0.717, 1.165) is 19.3 Å². The molecular formula is C12H23NO4. The molecule has 0 aliphatic rings. The molecule has 0 bridgehead atoms. The minimum Gasteiger partial charge on any atom is -0.481 e. The number of carboxylic acid groups (broad SMARTS) is 1. The highest BCUT2D eigenvalue weighted by Crippen LogP contribution is 2.02. The summed E-state index contributed by atoms with van der Waals surface area (Å²) in [6.07, 6.45) is 3.25. The Morgan fingerprint density at radius 1 is 1.24 bits per heavy atom. The Bertz CT molecular complexity index is 231. The fourth-order valence-electron chi connectivity index (χ4n) is 1.44. The number of hydrogen-bond acceptors (Lipinski definition) is 3. The highest BCUT2D eigenvalue weighted by atomic mass is 16.5. The smallest absolute Gasteiger partial charge is 0.303 e. The molecule has 0 saturated carbocycles. The van der Waals surface area contributed by atoms with E-state index in [1.807, 2.05) is 6.92 Å². The van der Waals surface area contributed by atoms with Crippen LogP contribution in [0.15, 0.2) is 0 Å². The lowest BCUT2D eigenvalue weighted by molar-refractivity contribution is -0.137. The van der Waals surface area contributed by atoms with Gasteiger partial charge in [-0.1, -0.05) is 12.8 Å². The molecule has 5 heteroatoms. The standard InChI is InChI=1S/C12H23NO4/c1-3-17-10(2)12(16)13-9-7-5-4-6-8-11(14)15/h10H,3-9H2,1-2H3,(H,13,16)(H,14,15). The molecule has 2 N–H and O–H groups in total. The SMILES string of the molecule is CCOC(C)C(=O)NCCCCCCC(=O)O. The van der Waals surface area contributed by atoms with E-state index in [2.05, 4.69) is 5.32 Å². The molecule has 1 unspecified atom stereocenters. The van der Waals surface area contributed by atoms with E-state index < -0.39 is 12.1 Å². The van der Waals surface area contributed by atoms with Crippen molar-refractivity contribution in [1.82, 2.24) is 5.32 Å². The van der Waals surface area contributed by atoms with Gasteiger partial charge in [0.05, 0.1) is 0 Å². The Hall–Kier alpha value is -1.10. The summed E-state index contributed by atoms with van der Waals surface area (Å²) >= 11 is 0. The van der Waals surface area contributed by atoms with E-state index in [9.17, 15) is 9.59 Å². The van der Waals surface area contributed by atoms with E-state index in [4.69, 9.17) is 9.84 Å². The van der Waals surface area contributed by atoms with Crippen LogP contribution in [0.2, 0.25) is 0 Å². The number of ether oxygens (including phenoxy) is 1. The van der Waals surface area contributed by atoms with Gasteiger partial charge in [-0.2, -0.15) is 0 Å². The van der Waals surface area contributed by atoms with Crippen LogP contribution in [0.1, 0.15) is 46.0 Å². The third kappa shape index (κ3) is 9.81. The minimum absolute atomic E-state index is 0.0858. The van der Waals surface area contributed by atoms with Crippen LogP contribution in [0.4, 0.5) is 0 Å². The average molecular weight is 245 g/mol. The van der Waals surface area contributed by atoms with Crippen molar-refractivity contribution in [2.45, 2.75) is 52.1 Å². The largest absolute Gasteiger partial charge is 0.481 e. The van der Waals surface area contributed by atoms with E-state index in [1.54, 1.807) is 6.92 Å². The van der Waals surface area contributed by atoms with Gasteiger partial charge in [-0.05, 0) is 26.7 Å². The molecule has 100 valence electrons. The van der Waals surface area contributed by atoms with Crippen LogP contribution in [-0.2, 0) is 14.3 Å². The van der Waals surface area contributed by atoms with E-state index >= 15 is 0 Å².